The summed E-state index contributed by atoms with van der Waals surface area (Å²) in [5.41, 5.74) is 6.76. The van der Waals surface area contributed by atoms with E-state index >= 15 is 0 Å². The van der Waals surface area contributed by atoms with Crippen molar-refractivity contribution in [3.8, 4) is 11.1 Å². The van der Waals surface area contributed by atoms with Crippen LogP contribution in [0, 0.1) is 26.3 Å². The van der Waals surface area contributed by atoms with E-state index in [0.29, 0.717) is 40.2 Å². The number of hydrogen-bond donors (Lipinski definition) is 1. The third kappa shape index (κ3) is 10.0. The standard InChI is InChI=1S/C36H43N6.C14H6F6N.Pt/c1-23(2)27-18-31(24(3)4)35(32(19-27)25(5)6)28-16-29(39-21-40(8)33-12-10-14-37-26(33)7)20-30(17-28)42-22-41(9)34-13-11-15-38-36(34)42;15-13(16,17)7-1-3-11-9(5-7)10-6-8(14(18,19)20)2-4-12(10)21-11;/h10-19,21-25,39H,1-9H3;1-6H;/q-3;-1;+4/i8D3,9D3;;. The maximum absolute atomic E-state index is 12.7. The van der Waals surface area contributed by atoms with Crippen molar-refractivity contribution < 1.29 is 55.6 Å². The maximum Gasteiger partial charge on any atom is 4.00 e. The first-order chi connectivity index (χ1) is 32.1. The number of nitrogens with one attached hydrogen (secondary N) is 1. The fraction of sp³-hybridized carbons (Fsp3) is 0.280. The molecule has 64 heavy (non-hydrogen) atoms. The number of rotatable bonds is 9. The molecule has 7 nitrogen and oxygen atoms in total. The molecule has 4 heterocycles. The van der Waals surface area contributed by atoms with E-state index in [9.17, 15) is 26.3 Å². The zero-order valence-electron chi connectivity index (χ0n) is 41.9. The van der Waals surface area contributed by atoms with Crippen LogP contribution in [0.3, 0.4) is 0 Å². The summed E-state index contributed by atoms with van der Waals surface area (Å²) in [6, 6.07) is 24.4. The van der Waals surface area contributed by atoms with Crippen molar-refractivity contribution in [2.24, 2.45) is 0 Å². The van der Waals surface area contributed by atoms with E-state index in [2.05, 4.69) is 80.0 Å². The number of aryl methyl sites for hydroxylation is 1. The van der Waals surface area contributed by atoms with Crippen LogP contribution in [0.2, 0.25) is 0 Å². The Hall–Kier alpha value is -5.55. The second-order valence-electron chi connectivity index (χ2n) is 16.2. The molecular formula is C50H49F6N7Pt. The monoisotopic (exact) mass is 1060 g/mol. The quantitative estimate of drug-likeness (QED) is 0.114. The van der Waals surface area contributed by atoms with Crippen LogP contribution in [0.5, 0.6) is 0 Å². The molecule has 7 aromatic rings. The van der Waals surface area contributed by atoms with Crippen molar-refractivity contribution in [3.63, 3.8) is 0 Å². The minimum Gasteiger partial charge on any atom is -0.657 e. The fourth-order valence-corrected chi connectivity index (χ4v) is 7.48. The molecule has 0 radical (unpaired) electrons. The van der Waals surface area contributed by atoms with Crippen LogP contribution in [-0.4, -0.2) is 23.9 Å². The number of halogens is 6. The SMILES string of the molecule is FC(F)(F)c1ccc2[n-]c3ccc(C(F)(F)F)cc3c2c1.[2H]C([2H])([2H])N([CH-]Nc1[c-]c(N2[CH-]N(C([2H])([2H])[2H])c3cccnc32)cc(-c2c(C(C)C)cc(C(C)C)cc2C(C)C)c1)c1cccnc1C.[Pt+4]. The van der Waals surface area contributed by atoms with Gasteiger partial charge in [-0.15, -0.1) is 46.2 Å². The number of alkyl halides is 6. The second-order valence-corrected chi connectivity index (χ2v) is 16.2. The molecule has 3 aromatic heterocycles. The van der Waals surface area contributed by atoms with Crippen molar-refractivity contribution in [1.29, 1.82) is 0 Å². The Balaban J connectivity index is 0.000000304. The van der Waals surface area contributed by atoms with Gasteiger partial charge in [0.2, 0.25) is 0 Å². The van der Waals surface area contributed by atoms with Crippen LogP contribution in [-0.2, 0) is 33.4 Å². The van der Waals surface area contributed by atoms with Crippen LogP contribution in [0.1, 0.15) is 101 Å². The molecule has 1 aliphatic heterocycles. The smallest absolute Gasteiger partial charge is 0.657 e. The van der Waals surface area contributed by atoms with Crippen LogP contribution < -0.4 is 25.0 Å². The van der Waals surface area contributed by atoms with E-state index in [-0.39, 0.29) is 54.7 Å². The predicted octanol–water partition coefficient (Wildman–Crippen LogP) is 14.0. The Labute approximate surface area is 393 Å². The third-order valence-corrected chi connectivity index (χ3v) is 10.8. The molecule has 0 atom stereocenters. The maximum atomic E-state index is 12.7. The van der Waals surface area contributed by atoms with E-state index in [0.717, 1.165) is 47.5 Å². The van der Waals surface area contributed by atoms with E-state index in [1.54, 1.807) is 48.5 Å². The fourth-order valence-electron chi connectivity index (χ4n) is 7.48. The number of aromatic nitrogens is 3. The summed E-state index contributed by atoms with van der Waals surface area (Å²) >= 11 is 0. The Kier molecular flexibility index (Phi) is 11.8. The zero-order valence-corrected chi connectivity index (χ0v) is 38.2. The average molecular weight is 1060 g/mol. The molecule has 0 saturated carbocycles. The van der Waals surface area contributed by atoms with Gasteiger partial charge in [0.1, 0.15) is 5.82 Å². The Bertz CT molecular complexity index is 2890. The van der Waals surface area contributed by atoms with Gasteiger partial charge >= 0.3 is 33.4 Å². The zero-order chi connectivity index (χ0) is 50.5. The van der Waals surface area contributed by atoms with Gasteiger partial charge in [-0.05, 0) is 108 Å². The molecule has 0 amide bonds. The van der Waals surface area contributed by atoms with E-state index in [4.69, 9.17) is 8.22 Å². The van der Waals surface area contributed by atoms with Crippen LogP contribution in [0.4, 0.5) is 54.9 Å². The molecular weight excluding hydrogens is 1010 g/mol. The van der Waals surface area contributed by atoms with Crippen LogP contribution in [0.15, 0.2) is 97.3 Å². The molecule has 0 fully saturated rings. The first-order valence-corrected chi connectivity index (χ1v) is 20.2. The molecule has 14 heteroatoms. The molecule has 1 aliphatic rings. The van der Waals surface area contributed by atoms with E-state index < -0.39 is 37.4 Å². The van der Waals surface area contributed by atoms with Crippen molar-refractivity contribution in [2.75, 3.05) is 34.0 Å². The molecule has 4 aromatic carbocycles. The van der Waals surface area contributed by atoms with Gasteiger partial charge in [-0.2, -0.15) is 39.7 Å². The number of benzene rings is 4. The number of anilines is 5. The van der Waals surface area contributed by atoms with Crippen molar-refractivity contribution in [3.05, 3.63) is 150 Å². The summed E-state index contributed by atoms with van der Waals surface area (Å²) in [6.45, 7) is 12.9. The number of pyridine rings is 2. The molecule has 336 valence electrons. The topological polar surface area (TPSA) is 61.6 Å². The Morgan fingerprint density at radius 1 is 0.781 bits per heavy atom. The number of fused-ring (bicyclic) bond motifs is 4. The molecule has 1 N–H and O–H groups in total. The van der Waals surface area contributed by atoms with E-state index in [1.165, 1.54) is 39.8 Å². The molecule has 0 spiro atoms. The van der Waals surface area contributed by atoms with Gasteiger partial charge in [-0.1, -0.05) is 77.9 Å². The van der Waals surface area contributed by atoms with Gasteiger partial charge in [0.15, 0.2) is 0 Å². The first-order valence-electron chi connectivity index (χ1n) is 23.2. The summed E-state index contributed by atoms with van der Waals surface area (Å²) in [7, 11) is 0. The summed E-state index contributed by atoms with van der Waals surface area (Å²) in [5.74, 6) is 1.21. The van der Waals surface area contributed by atoms with Crippen molar-refractivity contribution in [1.82, 2.24) is 15.0 Å². The van der Waals surface area contributed by atoms with Gasteiger partial charge in [-0.3, -0.25) is 4.98 Å². The van der Waals surface area contributed by atoms with Crippen molar-refractivity contribution >= 4 is 50.4 Å². The number of nitrogens with zero attached hydrogens (tertiary/aromatic N) is 6. The van der Waals surface area contributed by atoms with Gasteiger partial charge < -0.3 is 25.0 Å². The Morgan fingerprint density at radius 3 is 1.91 bits per heavy atom. The minimum atomic E-state index is -4.56. The van der Waals surface area contributed by atoms with Gasteiger partial charge in [0, 0.05) is 32.0 Å². The van der Waals surface area contributed by atoms with Gasteiger partial charge in [0.05, 0.1) is 16.8 Å². The minimum absolute atomic E-state index is 0. The van der Waals surface area contributed by atoms with Crippen molar-refractivity contribution in [2.45, 2.75) is 78.6 Å². The number of hydrogen-bond acceptors (Lipinski definition) is 6. The second kappa shape index (κ2) is 18.9. The largest absolute Gasteiger partial charge is 4.00 e. The summed E-state index contributed by atoms with van der Waals surface area (Å²) in [6.07, 6.45) is -5.86. The third-order valence-electron chi connectivity index (χ3n) is 10.8. The molecule has 0 bridgehead atoms. The Morgan fingerprint density at radius 2 is 1.38 bits per heavy atom. The summed E-state index contributed by atoms with van der Waals surface area (Å²) in [5, 5.41) is 3.34. The van der Waals surface area contributed by atoms with Gasteiger partial charge in [0.25, 0.3) is 0 Å². The van der Waals surface area contributed by atoms with Crippen LogP contribution in [0.25, 0.3) is 32.9 Å². The van der Waals surface area contributed by atoms with E-state index in [1.807, 2.05) is 12.1 Å². The normalized spacial score (nSPS) is 14.6. The first kappa shape index (κ1) is 40.0. The van der Waals surface area contributed by atoms with Gasteiger partial charge in [-0.25, -0.2) is 4.98 Å². The molecule has 0 saturated heterocycles. The molecule has 8 rings (SSSR count). The predicted molar refractivity (Wildman–Crippen MR) is 242 cm³/mol. The summed E-state index contributed by atoms with van der Waals surface area (Å²) in [4.78, 5) is 17.0. The molecule has 0 unspecified atom stereocenters. The average Bonchev–Trinajstić information content (AvgIpc) is 3.84. The summed E-state index contributed by atoms with van der Waals surface area (Å²) < 4.78 is 126. The molecule has 0 aliphatic carbocycles. The van der Waals surface area contributed by atoms with Crippen LogP contribution >= 0.6 is 0 Å².